The second-order valence-electron chi connectivity index (χ2n) is 3.52. The molecule has 0 spiro atoms. The van der Waals surface area contributed by atoms with Crippen LogP contribution in [-0.2, 0) is 9.53 Å². The minimum Gasteiger partial charge on any atom is -0.468 e. The fourth-order valence-corrected chi connectivity index (χ4v) is 1.97. The number of methoxy groups -OCH3 is 1. The van der Waals surface area contributed by atoms with E-state index in [0.29, 0.717) is 21.6 Å². The van der Waals surface area contributed by atoms with Crippen LogP contribution in [0.4, 0.5) is 0 Å². The maximum Gasteiger partial charge on any atom is 0.325 e. The van der Waals surface area contributed by atoms with Crippen molar-refractivity contribution in [2.75, 3.05) is 20.2 Å². The highest BCUT2D eigenvalue weighted by Gasteiger charge is 2.19. The minimum absolute atomic E-state index is 0.0786. The normalized spacial score (nSPS) is 10.0. The summed E-state index contributed by atoms with van der Waals surface area (Å²) < 4.78 is 5.19. The summed E-state index contributed by atoms with van der Waals surface area (Å²) in [6.45, 7) is 2.12. The van der Waals surface area contributed by atoms with Crippen molar-refractivity contribution < 1.29 is 14.3 Å². The third kappa shape index (κ3) is 3.71. The quantitative estimate of drug-likeness (QED) is 0.795. The Bertz CT molecular complexity index is 465. The van der Waals surface area contributed by atoms with Gasteiger partial charge >= 0.3 is 5.97 Å². The lowest BCUT2D eigenvalue weighted by atomic mass is 10.2. The van der Waals surface area contributed by atoms with E-state index in [4.69, 9.17) is 11.6 Å². The zero-order chi connectivity index (χ0) is 13.7. The van der Waals surface area contributed by atoms with Gasteiger partial charge in [-0.1, -0.05) is 11.6 Å². The number of carbonyl (C=O) groups excluding carboxylic acids is 2. The molecule has 1 rings (SSSR count). The maximum absolute atomic E-state index is 12.2. The van der Waals surface area contributed by atoms with Gasteiger partial charge in [0.25, 0.3) is 5.91 Å². The maximum atomic E-state index is 12.2. The summed E-state index contributed by atoms with van der Waals surface area (Å²) in [5.41, 5.74) is 0.424. The van der Waals surface area contributed by atoms with Crippen molar-refractivity contribution in [2.24, 2.45) is 0 Å². The molecule has 0 saturated heterocycles. The molecule has 0 unspecified atom stereocenters. The van der Waals surface area contributed by atoms with Crippen molar-refractivity contribution in [3.63, 3.8) is 0 Å². The van der Waals surface area contributed by atoms with Gasteiger partial charge in [0.15, 0.2) is 0 Å². The van der Waals surface area contributed by atoms with Crippen LogP contribution in [0.15, 0.2) is 22.7 Å². The van der Waals surface area contributed by atoms with Gasteiger partial charge in [-0.05, 0) is 41.1 Å². The number of ether oxygens (including phenoxy) is 1. The largest absolute Gasteiger partial charge is 0.468 e. The van der Waals surface area contributed by atoms with Crippen molar-refractivity contribution in [1.29, 1.82) is 0 Å². The molecule has 1 aromatic carbocycles. The highest BCUT2D eigenvalue weighted by molar-refractivity contribution is 9.10. The van der Waals surface area contributed by atoms with Gasteiger partial charge in [-0.15, -0.1) is 0 Å². The number of hydrogen-bond acceptors (Lipinski definition) is 3. The van der Waals surface area contributed by atoms with Crippen LogP contribution in [0.5, 0.6) is 0 Å². The predicted octanol–water partition coefficient (Wildman–Crippen LogP) is 2.74. The third-order valence-electron chi connectivity index (χ3n) is 2.38. The molecule has 0 atom stereocenters. The molecule has 1 amide bonds. The first kappa shape index (κ1) is 15.0. The predicted molar refractivity (Wildman–Crippen MR) is 72.7 cm³/mol. The first-order valence-electron chi connectivity index (χ1n) is 5.30. The molecular weight excluding hydrogens is 321 g/mol. The Morgan fingerprint density at radius 3 is 2.67 bits per heavy atom. The van der Waals surface area contributed by atoms with Gasteiger partial charge in [0.1, 0.15) is 6.54 Å². The van der Waals surface area contributed by atoms with Crippen LogP contribution in [0, 0.1) is 0 Å². The van der Waals surface area contributed by atoms with Gasteiger partial charge in [-0.2, -0.15) is 0 Å². The number of nitrogens with zero attached hydrogens (tertiary/aromatic N) is 1. The Kier molecular flexibility index (Phi) is 5.62. The van der Waals surface area contributed by atoms with Crippen LogP contribution >= 0.6 is 27.5 Å². The van der Waals surface area contributed by atoms with E-state index in [2.05, 4.69) is 20.7 Å². The standard InChI is InChI=1S/C12H13BrClNO3/c1-3-15(7-11(16)18-2)12(17)9-6-8(14)4-5-10(9)13/h4-6H,3,7H2,1-2H3. The lowest BCUT2D eigenvalue weighted by molar-refractivity contribution is -0.141. The number of hydrogen-bond donors (Lipinski definition) is 0. The Morgan fingerprint density at radius 2 is 2.11 bits per heavy atom. The lowest BCUT2D eigenvalue weighted by Gasteiger charge is -2.20. The highest BCUT2D eigenvalue weighted by atomic mass is 79.9. The van der Waals surface area contributed by atoms with E-state index in [1.807, 2.05) is 0 Å². The first-order valence-corrected chi connectivity index (χ1v) is 6.47. The SMILES string of the molecule is CCN(CC(=O)OC)C(=O)c1cc(Cl)ccc1Br. The van der Waals surface area contributed by atoms with Crippen molar-refractivity contribution in [3.05, 3.63) is 33.3 Å². The lowest BCUT2D eigenvalue weighted by Crippen LogP contribution is -2.36. The van der Waals surface area contributed by atoms with Gasteiger partial charge in [-0.3, -0.25) is 9.59 Å². The zero-order valence-corrected chi connectivity index (χ0v) is 12.4. The Hall–Kier alpha value is -1.07. The number of halogens is 2. The number of carbonyl (C=O) groups is 2. The Balaban J connectivity index is 2.96. The molecule has 6 heteroatoms. The van der Waals surface area contributed by atoms with Crippen LogP contribution < -0.4 is 0 Å². The molecular formula is C12H13BrClNO3. The van der Waals surface area contributed by atoms with Gasteiger partial charge in [0.05, 0.1) is 12.7 Å². The van der Waals surface area contributed by atoms with E-state index in [0.717, 1.165) is 0 Å². The molecule has 0 radical (unpaired) electrons. The Labute approximate surface area is 119 Å². The smallest absolute Gasteiger partial charge is 0.325 e. The van der Waals surface area contributed by atoms with Crippen molar-refractivity contribution in [1.82, 2.24) is 4.90 Å². The molecule has 18 heavy (non-hydrogen) atoms. The van der Waals surface area contributed by atoms with E-state index >= 15 is 0 Å². The third-order valence-corrected chi connectivity index (χ3v) is 3.30. The Morgan fingerprint density at radius 1 is 1.44 bits per heavy atom. The summed E-state index contributed by atoms with van der Waals surface area (Å²) in [6, 6.07) is 4.94. The zero-order valence-electron chi connectivity index (χ0n) is 10.1. The van der Waals surface area contributed by atoms with Crippen LogP contribution in [-0.4, -0.2) is 37.0 Å². The summed E-state index contributed by atoms with van der Waals surface area (Å²) in [4.78, 5) is 24.8. The number of esters is 1. The topological polar surface area (TPSA) is 46.6 Å². The molecule has 0 aliphatic rings. The highest BCUT2D eigenvalue weighted by Crippen LogP contribution is 2.22. The number of amides is 1. The average molecular weight is 335 g/mol. The van der Waals surface area contributed by atoms with Gasteiger partial charge < -0.3 is 9.64 Å². The summed E-state index contributed by atoms with van der Waals surface area (Å²) in [6.07, 6.45) is 0. The molecule has 0 aliphatic carbocycles. The van der Waals surface area contributed by atoms with Gasteiger partial charge in [0, 0.05) is 16.0 Å². The molecule has 0 fully saturated rings. The average Bonchev–Trinajstić information content (AvgIpc) is 2.37. The number of likely N-dealkylation sites (N-methyl/N-ethyl adjacent to an activating group) is 1. The monoisotopic (exact) mass is 333 g/mol. The molecule has 0 bridgehead atoms. The molecule has 0 saturated carbocycles. The first-order chi connectivity index (χ1) is 8.49. The molecule has 0 aliphatic heterocycles. The summed E-state index contributed by atoms with van der Waals surface area (Å²) in [5, 5.41) is 0.468. The second kappa shape index (κ2) is 6.75. The number of rotatable bonds is 4. The molecule has 1 aromatic rings. The molecule has 0 aromatic heterocycles. The molecule has 98 valence electrons. The van der Waals surface area contributed by atoms with E-state index in [1.54, 1.807) is 25.1 Å². The molecule has 0 N–H and O–H groups in total. The van der Waals surface area contributed by atoms with E-state index in [9.17, 15) is 9.59 Å². The molecule has 0 heterocycles. The van der Waals surface area contributed by atoms with Crippen molar-refractivity contribution >= 4 is 39.4 Å². The second-order valence-corrected chi connectivity index (χ2v) is 4.81. The van der Waals surface area contributed by atoms with E-state index in [-0.39, 0.29) is 12.5 Å². The van der Waals surface area contributed by atoms with Gasteiger partial charge in [-0.25, -0.2) is 0 Å². The summed E-state index contributed by atoms with van der Waals surface area (Å²) in [5.74, 6) is -0.722. The van der Waals surface area contributed by atoms with Gasteiger partial charge in [0.2, 0.25) is 0 Å². The molecule has 4 nitrogen and oxygen atoms in total. The van der Waals surface area contributed by atoms with Crippen molar-refractivity contribution in [2.45, 2.75) is 6.92 Å². The minimum atomic E-state index is -0.455. The van der Waals surface area contributed by atoms with E-state index in [1.165, 1.54) is 12.0 Å². The summed E-state index contributed by atoms with van der Waals surface area (Å²) >= 11 is 9.15. The summed E-state index contributed by atoms with van der Waals surface area (Å²) in [7, 11) is 1.29. The van der Waals surface area contributed by atoms with Crippen LogP contribution in [0.2, 0.25) is 5.02 Å². The van der Waals surface area contributed by atoms with Crippen LogP contribution in [0.3, 0.4) is 0 Å². The fourth-order valence-electron chi connectivity index (χ4n) is 1.38. The van der Waals surface area contributed by atoms with E-state index < -0.39 is 5.97 Å². The van der Waals surface area contributed by atoms with Crippen molar-refractivity contribution in [3.8, 4) is 0 Å². The number of benzene rings is 1. The van der Waals surface area contributed by atoms with Crippen LogP contribution in [0.1, 0.15) is 17.3 Å². The van der Waals surface area contributed by atoms with Crippen LogP contribution in [0.25, 0.3) is 0 Å². The fraction of sp³-hybridized carbons (Fsp3) is 0.333.